The molecule has 2 aromatic rings. The van der Waals surface area contributed by atoms with Crippen LogP contribution < -0.4 is 5.32 Å². The van der Waals surface area contributed by atoms with Gasteiger partial charge in [0.05, 0.1) is 0 Å². The number of nitrogens with zero attached hydrogens (tertiary/aromatic N) is 3. The summed E-state index contributed by atoms with van der Waals surface area (Å²) in [5.74, 6) is 0.639. The van der Waals surface area contributed by atoms with E-state index in [1.54, 1.807) is 18.3 Å². The van der Waals surface area contributed by atoms with Crippen molar-refractivity contribution in [1.82, 2.24) is 15.0 Å². The SMILES string of the molecule is Cc1noc(C)c1NC(=O)N1CCN(C(C)c2ccsc2)CC1. The van der Waals surface area contributed by atoms with Crippen molar-refractivity contribution in [3.63, 3.8) is 0 Å². The van der Waals surface area contributed by atoms with Crippen molar-refractivity contribution in [3.8, 4) is 0 Å². The van der Waals surface area contributed by atoms with Crippen molar-refractivity contribution in [2.24, 2.45) is 0 Å². The van der Waals surface area contributed by atoms with Gasteiger partial charge in [0, 0.05) is 32.2 Å². The van der Waals surface area contributed by atoms with Crippen LogP contribution >= 0.6 is 11.3 Å². The summed E-state index contributed by atoms with van der Waals surface area (Å²) in [6.07, 6.45) is 0. The Morgan fingerprint density at radius 2 is 2.09 bits per heavy atom. The van der Waals surface area contributed by atoms with Gasteiger partial charge in [-0.05, 0) is 43.2 Å². The molecule has 1 N–H and O–H groups in total. The van der Waals surface area contributed by atoms with Crippen molar-refractivity contribution in [2.75, 3.05) is 31.5 Å². The zero-order valence-electron chi connectivity index (χ0n) is 13.7. The van der Waals surface area contributed by atoms with E-state index < -0.39 is 0 Å². The first-order valence-corrected chi connectivity index (χ1v) is 8.75. The molecular formula is C16H22N4O2S. The fraction of sp³-hybridized carbons (Fsp3) is 0.500. The maximum Gasteiger partial charge on any atom is 0.322 e. The monoisotopic (exact) mass is 334 g/mol. The first-order valence-electron chi connectivity index (χ1n) is 7.81. The quantitative estimate of drug-likeness (QED) is 0.936. The fourth-order valence-corrected chi connectivity index (χ4v) is 3.63. The van der Waals surface area contributed by atoms with E-state index >= 15 is 0 Å². The molecule has 6 nitrogen and oxygen atoms in total. The number of aryl methyl sites for hydroxylation is 2. The summed E-state index contributed by atoms with van der Waals surface area (Å²) in [6.45, 7) is 9.07. The van der Waals surface area contributed by atoms with Crippen LogP contribution in [-0.2, 0) is 0 Å². The van der Waals surface area contributed by atoms with Crippen LogP contribution in [0.15, 0.2) is 21.3 Å². The highest BCUT2D eigenvalue weighted by molar-refractivity contribution is 7.07. The number of nitrogens with one attached hydrogen (secondary N) is 1. The number of urea groups is 1. The molecule has 0 aromatic carbocycles. The van der Waals surface area contributed by atoms with Crippen LogP contribution in [0.5, 0.6) is 0 Å². The summed E-state index contributed by atoms with van der Waals surface area (Å²) in [6, 6.07) is 2.49. The molecule has 1 unspecified atom stereocenters. The van der Waals surface area contributed by atoms with E-state index in [1.807, 2.05) is 11.8 Å². The normalized spacial score (nSPS) is 17.3. The summed E-state index contributed by atoms with van der Waals surface area (Å²) in [4.78, 5) is 16.7. The molecule has 0 spiro atoms. The topological polar surface area (TPSA) is 61.6 Å². The molecule has 3 rings (SSSR count). The Hall–Kier alpha value is -1.86. The van der Waals surface area contributed by atoms with Gasteiger partial charge < -0.3 is 14.7 Å². The first-order chi connectivity index (χ1) is 11.1. The third-order valence-electron chi connectivity index (χ3n) is 4.44. The lowest BCUT2D eigenvalue weighted by Gasteiger charge is -2.37. The Labute approximate surface area is 140 Å². The number of thiophene rings is 1. The molecule has 7 heteroatoms. The van der Waals surface area contributed by atoms with Gasteiger partial charge in [0.1, 0.15) is 11.4 Å². The number of hydrogen-bond donors (Lipinski definition) is 1. The minimum atomic E-state index is -0.0813. The van der Waals surface area contributed by atoms with Crippen LogP contribution in [0.1, 0.15) is 30.0 Å². The van der Waals surface area contributed by atoms with Crippen molar-refractivity contribution < 1.29 is 9.32 Å². The number of carbonyl (C=O) groups is 1. The molecule has 1 aliphatic heterocycles. The maximum atomic E-state index is 12.4. The Bertz CT molecular complexity index is 640. The van der Waals surface area contributed by atoms with Crippen LogP contribution in [0.3, 0.4) is 0 Å². The van der Waals surface area contributed by atoms with Gasteiger partial charge >= 0.3 is 6.03 Å². The number of rotatable bonds is 3. The van der Waals surface area contributed by atoms with Gasteiger partial charge in [-0.1, -0.05) is 5.16 Å². The molecule has 1 saturated heterocycles. The molecule has 23 heavy (non-hydrogen) atoms. The highest BCUT2D eigenvalue weighted by Gasteiger charge is 2.25. The third kappa shape index (κ3) is 3.40. The fourth-order valence-electron chi connectivity index (χ4n) is 2.88. The number of anilines is 1. The lowest BCUT2D eigenvalue weighted by Crippen LogP contribution is -2.50. The van der Waals surface area contributed by atoms with Crippen LogP contribution in [0.4, 0.5) is 10.5 Å². The van der Waals surface area contributed by atoms with Crippen molar-refractivity contribution in [2.45, 2.75) is 26.8 Å². The van der Waals surface area contributed by atoms with Gasteiger partial charge in [-0.15, -0.1) is 0 Å². The summed E-state index contributed by atoms with van der Waals surface area (Å²) in [5, 5.41) is 11.1. The maximum absolute atomic E-state index is 12.4. The number of amides is 2. The zero-order chi connectivity index (χ0) is 16.4. The van der Waals surface area contributed by atoms with Crippen LogP contribution in [0.2, 0.25) is 0 Å². The van der Waals surface area contributed by atoms with Crippen LogP contribution in [-0.4, -0.2) is 47.2 Å². The lowest BCUT2D eigenvalue weighted by molar-refractivity contribution is 0.119. The van der Waals surface area contributed by atoms with Crippen LogP contribution in [0, 0.1) is 13.8 Å². The molecule has 3 heterocycles. The number of piperazine rings is 1. The van der Waals surface area contributed by atoms with E-state index in [0.717, 1.165) is 26.2 Å². The standard InChI is InChI=1S/C16H22N4O2S/c1-11-15(13(3)22-18-11)17-16(21)20-7-5-19(6-8-20)12(2)14-4-9-23-10-14/h4,9-10,12H,5-8H2,1-3H3,(H,17,21). The van der Waals surface area contributed by atoms with Crippen molar-refractivity contribution >= 4 is 23.1 Å². The molecule has 1 aliphatic rings. The van der Waals surface area contributed by atoms with Gasteiger partial charge in [0.15, 0.2) is 5.76 Å². The predicted octanol–water partition coefficient (Wildman–Crippen LogP) is 3.26. The molecule has 2 aromatic heterocycles. The largest absolute Gasteiger partial charge is 0.359 e. The second-order valence-corrected chi connectivity index (χ2v) is 6.67. The zero-order valence-corrected chi connectivity index (χ0v) is 14.5. The lowest BCUT2D eigenvalue weighted by atomic mass is 10.1. The second kappa shape index (κ2) is 6.72. The van der Waals surface area contributed by atoms with E-state index in [4.69, 9.17) is 4.52 Å². The smallest absolute Gasteiger partial charge is 0.322 e. The Morgan fingerprint density at radius 3 is 2.65 bits per heavy atom. The molecule has 2 amide bonds. The highest BCUT2D eigenvalue weighted by Crippen LogP contribution is 2.24. The highest BCUT2D eigenvalue weighted by atomic mass is 32.1. The summed E-state index contributed by atoms with van der Waals surface area (Å²) < 4.78 is 5.08. The molecule has 0 radical (unpaired) electrons. The number of hydrogen-bond acceptors (Lipinski definition) is 5. The summed E-state index contributed by atoms with van der Waals surface area (Å²) in [5.41, 5.74) is 2.74. The Morgan fingerprint density at radius 1 is 1.35 bits per heavy atom. The number of carbonyl (C=O) groups excluding carboxylic acids is 1. The molecule has 1 fully saturated rings. The van der Waals surface area contributed by atoms with E-state index in [9.17, 15) is 4.79 Å². The average molecular weight is 334 g/mol. The van der Waals surface area contributed by atoms with Gasteiger partial charge in [0.2, 0.25) is 0 Å². The van der Waals surface area contributed by atoms with E-state index in [2.05, 4.69) is 39.1 Å². The van der Waals surface area contributed by atoms with Gasteiger partial charge in [-0.3, -0.25) is 4.90 Å². The van der Waals surface area contributed by atoms with E-state index in [-0.39, 0.29) is 6.03 Å². The Kier molecular flexibility index (Phi) is 4.68. The van der Waals surface area contributed by atoms with E-state index in [0.29, 0.717) is 23.2 Å². The van der Waals surface area contributed by atoms with Gasteiger partial charge in [0.25, 0.3) is 0 Å². The molecule has 0 aliphatic carbocycles. The Balaban J connectivity index is 1.55. The van der Waals surface area contributed by atoms with E-state index in [1.165, 1.54) is 5.56 Å². The minimum absolute atomic E-state index is 0.0813. The average Bonchev–Trinajstić information content (AvgIpc) is 3.20. The minimum Gasteiger partial charge on any atom is -0.359 e. The van der Waals surface area contributed by atoms with Gasteiger partial charge in [-0.25, -0.2) is 4.79 Å². The van der Waals surface area contributed by atoms with Crippen molar-refractivity contribution in [1.29, 1.82) is 0 Å². The molecule has 0 bridgehead atoms. The first kappa shape index (κ1) is 16.0. The number of aromatic nitrogens is 1. The third-order valence-corrected chi connectivity index (χ3v) is 5.14. The molecule has 1 atom stereocenters. The molecule has 0 saturated carbocycles. The summed E-state index contributed by atoms with van der Waals surface area (Å²) in [7, 11) is 0. The molecule has 124 valence electrons. The second-order valence-electron chi connectivity index (χ2n) is 5.88. The summed E-state index contributed by atoms with van der Waals surface area (Å²) >= 11 is 1.73. The predicted molar refractivity (Wildman–Crippen MR) is 90.9 cm³/mol. The molecular weight excluding hydrogens is 312 g/mol. The van der Waals surface area contributed by atoms with Crippen LogP contribution in [0.25, 0.3) is 0 Å². The van der Waals surface area contributed by atoms with Crippen molar-refractivity contribution in [3.05, 3.63) is 33.8 Å². The van der Waals surface area contributed by atoms with Gasteiger partial charge in [-0.2, -0.15) is 11.3 Å².